The van der Waals surface area contributed by atoms with E-state index in [0.29, 0.717) is 6.04 Å². The van der Waals surface area contributed by atoms with Crippen molar-refractivity contribution in [1.29, 1.82) is 0 Å². The summed E-state index contributed by atoms with van der Waals surface area (Å²) < 4.78 is 36.3. The summed E-state index contributed by atoms with van der Waals surface area (Å²) in [5, 5.41) is 3.36. The molecule has 1 saturated carbocycles. The topological polar surface area (TPSA) is 12.0 Å². The van der Waals surface area contributed by atoms with Gasteiger partial charge in [-0.25, -0.2) is 0 Å². The molecule has 0 spiro atoms. The molecule has 1 aromatic carbocycles. The van der Waals surface area contributed by atoms with E-state index >= 15 is 0 Å². The van der Waals surface area contributed by atoms with Gasteiger partial charge in [0, 0.05) is 17.5 Å². The second-order valence-corrected chi connectivity index (χ2v) is 5.53. The highest BCUT2D eigenvalue weighted by atomic mass is 32.2. The molecule has 94 valence electrons. The first-order valence-electron chi connectivity index (χ1n) is 5.52. The number of alkyl halides is 3. The Balaban J connectivity index is 1.84. The van der Waals surface area contributed by atoms with Crippen LogP contribution in [0.1, 0.15) is 18.9 Å². The van der Waals surface area contributed by atoms with Gasteiger partial charge in [0.2, 0.25) is 0 Å². The quantitative estimate of drug-likeness (QED) is 0.827. The van der Waals surface area contributed by atoms with Gasteiger partial charge in [0.1, 0.15) is 0 Å². The molecule has 0 bridgehead atoms. The number of thioether (sulfide) groups is 1. The molecule has 1 fully saturated rings. The molecule has 0 aromatic heterocycles. The average molecular weight is 261 g/mol. The maximum atomic E-state index is 12.1. The average Bonchev–Trinajstić information content (AvgIpc) is 2.91. The summed E-state index contributed by atoms with van der Waals surface area (Å²) in [6.07, 6.45) is 1.20. The van der Waals surface area contributed by atoms with Crippen LogP contribution >= 0.6 is 11.8 Å². The molecule has 2 unspecified atom stereocenters. The standard InChI is InChI=1S/C12H14F3NS/c1-8-6-11(8)16-7-9-2-4-10(5-3-9)17-12(13,14)15/h2-5,8,11,16H,6-7H2,1H3. The second-order valence-electron chi connectivity index (χ2n) is 4.39. The van der Waals surface area contributed by atoms with Gasteiger partial charge in [-0.1, -0.05) is 19.1 Å². The van der Waals surface area contributed by atoms with Crippen molar-refractivity contribution < 1.29 is 13.2 Å². The highest BCUT2D eigenvalue weighted by Gasteiger charge is 2.31. The van der Waals surface area contributed by atoms with Crippen molar-refractivity contribution in [1.82, 2.24) is 5.32 Å². The molecule has 1 nitrogen and oxygen atoms in total. The summed E-state index contributed by atoms with van der Waals surface area (Å²) >= 11 is -0.0738. The van der Waals surface area contributed by atoms with E-state index in [4.69, 9.17) is 0 Å². The van der Waals surface area contributed by atoms with Crippen molar-refractivity contribution in [2.24, 2.45) is 5.92 Å². The molecule has 0 aliphatic heterocycles. The minimum atomic E-state index is -4.21. The molecule has 0 saturated heterocycles. The number of nitrogens with one attached hydrogen (secondary N) is 1. The molecule has 17 heavy (non-hydrogen) atoms. The first kappa shape index (κ1) is 12.8. The highest BCUT2D eigenvalue weighted by molar-refractivity contribution is 8.00. The van der Waals surface area contributed by atoms with Crippen LogP contribution in [-0.2, 0) is 6.54 Å². The van der Waals surface area contributed by atoms with Crippen LogP contribution < -0.4 is 5.32 Å². The fourth-order valence-electron chi connectivity index (χ4n) is 1.66. The SMILES string of the molecule is CC1CC1NCc1ccc(SC(F)(F)F)cc1. The van der Waals surface area contributed by atoms with Crippen molar-refractivity contribution in [2.75, 3.05) is 0 Å². The lowest BCUT2D eigenvalue weighted by molar-refractivity contribution is -0.0328. The van der Waals surface area contributed by atoms with Crippen molar-refractivity contribution >= 4 is 11.8 Å². The van der Waals surface area contributed by atoms with Crippen molar-refractivity contribution in [2.45, 2.75) is 36.3 Å². The summed E-state index contributed by atoms with van der Waals surface area (Å²) in [5.41, 5.74) is -3.18. The minimum absolute atomic E-state index is 0.0738. The Hall–Kier alpha value is -0.680. The Morgan fingerprint density at radius 1 is 1.29 bits per heavy atom. The van der Waals surface area contributed by atoms with E-state index in [1.54, 1.807) is 12.1 Å². The van der Waals surface area contributed by atoms with Gasteiger partial charge in [0.05, 0.1) is 0 Å². The van der Waals surface area contributed by atoms with E-state index in [9.17, 15) is 13.2 Å². The van der Waals surface area contributed by atoms with Crippen LogP contribution in [0.4, 0.5) is 13.2 Å². The molecule has 5 heteroatoms. The number of benzene rings is 1. The van der Waals surface area contributed by atoms with Crippen LogP contribution in [-0.4, -0.2) is 11.6 Å². The van der Waals surface area contributed by atoms with E-state index in [1.165, 1.54) is 18.6 Å². The fourth-order valence-corrected chi connectivity index (χ4v) is 2.20. The van der Waals surface area contributed by atoms with Crippen LogP contribution in [0.3, 0.4) is 0 Å². The Labute approximate surface area is 103 Å². The zero-order valence-electron chi connectivity index (χ0n) is 9.42. The first-order valence-corrected chi connectivity index (χ1v) is 6.34. The Morgan fingerprint density at radius 2 is 1.88 bits per heavy atom. The minimum Gasteiger partial charge on any atom is -0.310 e. The van der Waals surface area contributed by atoms with Crippen LogP contribution in [0.2, 0.25) is 0 Å². The molecule has 0 amide bonds. The lowest BCUT2D eigenvalue weighted by atomic mass is 10.2. The van der Waals surface area contributed by atoms with Crippen molar-refractivity contribution in [3.8, 4) is 0 Å². The molecule has 0 heterocycles. The van der Waals surface area contributed by atoms with Gasteiger partial charge < -0.3 is 5.32 Å². The molecule has 1 aliphatic carbocycles. The van der Waals surface area contributed by atoms with Crippen molar-refractivity contribution in [3.05, 3.63) is 29.8 Å². The maximum Gasteiger partial charge on any atom is 0.446 e. The summed E-state index contributed by atoms with van der Waals surface area (Å²) in [4.78, 5) is 0.237. The second kappa shape index (κ2) is 4.90. The molecule has 1 aromatic rings. The predicted molar refractivity (Wildman–Crippen MR) is 62.8 cm³/mol. The predicted octanol–water partition coefficient (Wildman–Crippen LogP) is 3.80. The first-order chi connectivity index (χ1) is 7.94. The normalized spacial score (nSPS) is 23.8. The monoisotopic (exact) mass is 261 g/mol. The number of halogens is 3. The van der Waals surface area contributed by atoms with E-state index in [0.717, 1.165) is 18.0 Å². The largest absolute Gasteiger partial charge is 0.446 e. The summed E-state index contributed by atoms with van der Waals surface area (Å²) in [6.45, 7) is 2.91. The fraction of sp³-hybridized carbons (Fsp3) is 0.500. The molecular weight excluding hydrogens is 247 g/mol. The summed E-state index contributed by atoms with van der Waals surface area (Å²) in [6, 6.07) is 7.11. The van der Waals surface area contributed by atoms with Crippen LogP contribution in [0.5, 0.6) is 0 Å². The lowest BCUT2D eigenvalue weighted by Gasteiger charge is -2.07. The molecule has 2 atom stereocenters. The molecule has 2 rings (SSSR count). The van der Waals surface area contributed by atoms with Crippen LogP contribution in [0.15, 0.2) is 29.2 Å². The number of rotatable bonds is 4. The number of hydrogen-bond acceptors (Lipinski definition) is 2. The Morgan fingerprint density at radius 3 is 2.35 bits per heavy atom. The summed E-state index contributed by atoms with van der Waals surface area (Å²) in [5.74, 6) is 0.732. The third-order valence-electron chi connectivity index (χ3n) is 2.83. The third-order valence-corrected chi connectivity index (χ3v) is 3.57. The van der Waals surface area contributed by atoms with E-state index in [2.05, 4.69) is 12.2 Å². The van der Waals surface area contributed by atoms with E-state index in [-0.39, 0.29) is 16.7 Å². The van der Waals surface area contributed by atoms with Crippen LogP contribution in [0.25, 0.3) is 0 Å². The maximum absolute atomic E-state index is 12.1. The molecular formula is C12H14F3NS. The van der Waals surface area contributed by atoms with E-state index < -0.39 is 5.51 Å². The van der Waals surface area contributed by atoms with Gasteiger partial charge in [-0.05, 0) is 41.8 Å². The lowest BCUT2D eigenvalue weighted by Crippen LogP contribution is -2.16. The summed E-state index contributed by atoms with van der Waals surface area (Å²) in [7, 11) is 0. The molecule has 1 N–H and O–H groups in total. The Bertz CT molecular complexity index is 374. The van der Waals surface area contributed by atoms with Gasteiger partial charge in [0.15, 0.2) is 0 Å². The molecule has 1 aliphatic rings. The Kier molecular flexibility index (Phi) is 3.68. The van der Waals surface area contributed by atoms with Gasteiger partial charge in [-0.15, -0.1) is 0 Å². The van der Waals surface area contributed by atoms with Gasteiger partial charge in [0.25, 0.3) is 0 Å². The van der Waals surface area contributed by atoms with Crippen LogP contribution in [0, 0.1) is 5.92 Å². The van der Waals surface area contributed by atoms with Gasteiger partial charge >= 0.3 is 5.51 Å². The molecule has 0 radical (unpaired) electrons. The zero-order chi connectivity index (χ0) is 12.5. The van der Waals surface area contributed by atoms with Crippen molar-refractivity contribution in [3.63, 3.8) is 0 Å². The van der Waals surface area contributed by atoms with Gasteiger partial charge in [-0.3, -0.25) is 0 Å². The smallest absolute Gasteiger partial charge is 0.310 e. The third kappa shape index (κ3) is 4.24. The highest BCUT2D eigenvalue weighted by Crippen LogP contribution is 2.36. The van der Waals surface area contributed by atoms with E-state index in [1.807, 2.05) is 0 Å². The zero-order valence-corrected chi connectivity index (χ0v) is 10.2. The van der Waals surface area contributed by atoms with Gasteiger partial charge in [-0.2, -0.15) is 13.2 Å². The number of hydrogen-bond donors (Lipinski definition) is 1.